The molecule has 1 amide bonds. The molecule has 2 heterocycles. The van der Waals surface area contributed by atoms with Crippen LogP contribution in [0.1, 0.15) is 51.6 Å². The number of rotatable bonds is 4. The third kappa shape index (κ3) is 4.43. The molecular formula is C17H23FN2O4. The fourth-order valence-electron chi connectivity index (χ4n) is 2.76. The molecule has 1 aliphatic heterocycles. The van der Waals surface area contributed by atoms with Gasteiger partial charge in [-0.05, 0) is 36.3 Å². The minimum atomic E-state index is -1.09. The van der Waals surface area contributed by atoms with Crippen molar-refractivity contribution in [1.82, 2.24) is 9.88 Å². The smallest absolute Gasteiger partial charge is 0.411 e. The van der Waals surface area contributed by atoms with Gasteiger partial charge in [0.15, 0.2) is 0 Å². The van der Waals surface area contributed by atoms with Crippen molar-refractivity contribution in [3.05, 3.63) is 29.8 Å². The highest BCUT2D eigenvalue weighted by Gasteiger charge is 2.43. The molecule has 1 fully saturated rings. The number of amides is 1. The van der Waals surface area contributed by atoms with Crippen LogP contribution in [0.3, 0.4) is 0 Å². The van der Waals surface area contributed by atoms with Crippen molar-refractivity contribution in [2.45, 2.75) is 52.1 Å². The summed E-state index contributed by atoms with van der Waals surface area (Å²) in [5, 5.41) is 9.37. The summed E-state index contributed by atoms with van der Waals surface area (Å²) in [6.45, 7) is 6.28. The van der Waals surface area contributed by atoms with Crippen molar-refractivity contribution in [2.75, 3.05) is 6.61 Å². The molecule has 1 saturated heterocycles. The van der Waals surface area contributed by atoms with Crippen LogP contribution in [0.5, 0.6) is 0 Å². The first kappa shape index (κ1) is 18.2. The number of hydrogen-bond donors (Lipinski definition) is 1. The summed E-state index contributed by atoms with van der Waals surface area (Å²) in [5.74, 6) is -1.61. The Bertz CT molecular complexity index is 615. The van der Waals surface area contributed by atoms with Crippen molar-refractivity contribution in [2.24, 2.45) is 5.41 Å². The van der Waals surface area contributed by atoms with Crippen molar-refractivity contribution in [3.8, 4) is 0 Å². The second kappa shape index (κ2) is 7.15. The standard InChI is InChI=1S/C17H23FN2O4/c1-17(2,3)6-7-24-16(23)20-13(4-5-14(20)15(21)22)11-8-12(18)10-19-9-11/h8-10,13-14H,4-7H2,1-3H3,(H,21,22)/t13-,14+/m1/s1. The lowest BCUT2D eigenvalue weighted by Gasteiger charge is -2.28. The molecule has 0 saturated carbocycles. The molecule has 1 aromatic rings. The highest BCUT2D eigenvalue weighted by molar-refractivity contribution is 5.81. The van der Waals surface area contributed by atoms with Crippen LogP contribution in [0.15, 0.2) is 18.5 Å². The quantitative estimate of drug-likeness (QED) is 0.910. The third-order valence-corrected chi connectivity index (χ3v) is 4.07. The van der Waals surface area contributed by atoms with E-state index in [-0.39, 0.29) is 12.0 Å². The molecule has 2 rings (SSSR count). The summed E-state index contributed by atoms with van der Waals surface area (Å²) >= 11 is 0. The zero-order valence-electron chi connectivity index (χ0n) is 14.2. The second-order valence-electron chi connectivity index (χ2n) is 7.22. The fourth-order valence-corrected chi connectivity index (χ4v) is 2.76. The van der Waals surface area contributed by atoms with Crippen LogP contribution in [0.25, 0.3) is 0 Å². The molecule has 0 unspecified atom stereocenters. The number of likely N-dealkylation sites (tertiary alicyclic amines) is 1. The van der Waals surface area contributed by atoms with Gasteiger partial charge in [-0.3, -0.25) is 9.88 Å². The number of carbonyl (C=O) groups excluding carboxylic acids is 1. The Morgan fingerprint density at radius 3 is 2.67 bits per heavy atom. The maximum Gasteiger partial charge on any atom is 0.411 e. The summed E-state index contributed by atoms with van der Waals surface area (Å²) in [6, 6.07) is -0.242. The lowest BCUT2D eigenvalue weighted by atomic mass is 9.93. The summed E-state index contributed by atoms with van der Waals surface area (Å²) in [4.78, 5) is 28.9. The number of hydrogen-bond acceptors (Lipinski definition) is 4. The maximum absolute atomic E-state index is 13.4. The molecule has 0 spiro atoms. The van der Waals surface area contributed by atoms with Gasteiger partial charge in [0.05, 0.1) is 18.8 Å². The van der Waals surface area contributed by atoms with Gasteiger partial charge in [-0.1, -0.05) is 20.8 Å². The first-order chi connectivity index (χ1) is 11.2. The van der Waals surface area contributed by atoms with E-state index >= 15 is 0 Å². The molecule has 0 aromatic carbocycles. The highest BCUT2D eigenvalue weighted by Crippen LogP contribution is 2.37. The first-order valence-corrected chi connectivity index (χ1v) is 7.97. The monoisotopic (exact) mass is 338 g/mol. The molecule has 6 nitrogen and oxygen atoms in total. The summed E-state index contributed by atoms with van der Waals surface area (Å²) in [5.41, 5.74) is 0.482. The van der Waals surface area contributed by atoms with E-state index in [4.69, 9.17) is 4.74 Å². The lowest BCUT2D eigenvalue weighted by molar-refractivity contribution is -0.142. The van der Waals surface area contributed by atoms with E-state index < -0.39 is 30.0 Å². The van der Waals surface area contributed by atoms with Gasteiger partial charge in [0.25, 0.3) is 0 Å². The Balaban J connectivity index is 2.16. The van der Waals surface area contributed by atoms with Crippen molar-refractivity contribution < 1.29 is 23.8 Å². The number of carboxylic acid groups (broad SMARTS) is 1. The molecule has 2 atom stereocenters. The van der Waals surface area contributed by atoms with Crippen LogP contribution in [0.2, 0.25) is 0 Å². The van der Waals surface area contributed by atoms with Gasteiger partial charge in [0.2, 0.25) is 0 Å². The Hall–Kier alpha value is -2.18. The van der Waals surface area contributed by atoms with Crippen molar-refractivity contribution in [1.29, 1.82) is 0 Å². The SMILES string of the molecule is CC(C)(C)CCOC(=O)N1[C@@H](c2cncc(F)c2)CC[C@H]1C(=O)O. The molecular weight excluding hydrogens is 315 g/mol. The molecule has 1 aliphatic rings. The topological polar surface area (TPSA) is 79.7 Å². The zero-order chi connectivity index (χ0) is 17.9. The zero-order valence-corrected chi connectivity index (χ0v) is 14.2. The normalized spacial score (nSPS) is 20.9. The Morgan fingerprint density at radius 1 is 1.38 bits per heavy atom. The molecule has 1 N–H and O–H groups in total. The molecule has 24 heavy (non-hydrogen) atoms. The number of ether oxygens (including phenoxy) is 1. The molecule has 0 aliphatic carbocycles. The summed E-state index contributed by atoms with van der Waals surface area (Å²) in [6.07, 6.45) is 3.23. The summed E-state index contributed by atoms with van der Waals surface area (Å²) in [7, 11) is 0. The van der Waals surface area contributed by atoms with Crippen LogP contribution in [-0.2, 0) is 9.53 Å². The van der Waals surface area contributed by atoms with E-state index in [2.05, 4.69) is 4.98 Å². The Kier molecular flexibility index (Phi) is 5.41. The fraction of sp³-hybridized carbons (Fsp3) is 0.588. The predicted molar refractivity (Wildman–Crippen MR) is 84.9 cm³/mol. The number of carbonyl (C=O) groups is 2. The Morgan fingerprint density at radius 2 is 2.08 bits per heavy atom. The van der Waals surface area contributed by atoms with Gasteiger partial charge in [-0.2, -0.15) is 0 Å². The van der Waals surface area contributed by atoms with E-state index in [0.29, 0.717) is 24.8 Å². The molecule has 132 valence electrons. The van der Waals surface area contributed by atoms with Crippen LogP contribution in [0, 0.1) is 11.2 Å². The van der Waals surface area contributed by atoms with E-state index in [0.717, 1.165) is 6.20 Å². The van der Waals surface area contributed by atoms with Crippen LogP contribution in [-0.4, -0.2) is 39.7 Å². The number of aliphatic carboxylic acids is 1. The van der Waals surface area contributed by atoms with Gasteiger partial charge in [0.1, 0.15) is 11.9 Å². The van der Waals surface area contributed by atoms with E-state index in [1.807, 2.05) is 20.8 Å². The van der Waals surface area contributed by atoms with Gasteiger partial charge in [0, 0.05) is 6.20 Å². The minimum absolute atomic E-state index is 0.00334. The average molecular weight is 338 g/mol. The van der Waals surface area contributed by atoms with Gasteiger partial charge >= 0.3 is 12.1 Å². The number of halogens is 1. The Labute approximate surface area is 140 Å². The van der Waals surface area contributed by atoms with E-state index in [9.17, 15) is 19.1 Å². The second-order valence-corrected chi connectivity index (χ2v) is 7.22. The van der Waals surface area contributed by atoms with Crippen molar-refractivity contribution in [3.63, 3.8) is 0 Å². The summed E-state index contributed by atoms with van der Waals surface area (Å²) < 4.78 is 18.7. The van der Waals surface area contributed by atoms with Crippen molar-refractivity contribution >= 4 is 12.1 Å². The van der Waals surface area contributed by atoms with Gasteiger partial charge < -0.3 is 9.84 Å². The number of nitrogens with zero attached hydrogens (tertiary/aromatic N) is 2. The number of pyridine rings is 1. The van der Waals surface area contributed by atoms with Crippen LogP contribution in [0.4, 0.5) is 9.18 Å². The third-order valence-electron chi connectivity index (χ3n) is 4.07. The minimum Gasteiger partial charge on any atom is -0.480 e. The number of aromatic nitrogens is 1. The van der Waals surface area contributed by atoms with E-state index in [1.54, 1.807) is 0 Å². The van der Waals surface area contributed by atoms with Gasteiger partial charge in [-0.25, -0.2) is 14.0 Å². The van der Waals surface area contributed by atoms with Crippen LogP contribution >= 0.6 is 0 Å². The lowest BCUT2D eigenvalue weighted by Crippen LogP contribution is -2.42. The van der Waals surface area contributed by atoms with Crippen LogP contribution < -0.4 is 0 Å². The molecule has 0 bridgehead atoms. The molecule has 1 aromatic heterocycles. The number of carboxylic acids is 1. The highest BCUT2D eigenvalue weighted by atomic mass is 19.1. The van der Waals surface area contributed by atoms with E-state index in [1.165, 1.54) is 17.2 Å². The first-order valence-electron chi connectivity index (χ1n) is 7.97. The predicted octanol–water partition coefficient (Wildman–Crippen LogP) is 3.38. The largest absolute Gasteiger partial charge is 0.480 e. The molecule has 7 heteroatoms. The van der Waals surface area contributed by atoms with Gasteiger partial charge in [-0.15, -0.1) is 0 Å². The average Bonchev–Trinajstić information content (AvgIpc) is 2.90. The maximum atomic E-state index is 13.4. The molecule has 0 radical (unpaired) electrons.